The molecule has 0 N–H and O–H groups in total. The van der Waals surface area contributed by atoms with Crippen LogP contribution < -0.4 is 0 Å². The van der Waals surface area contributed by atoms with Crippen LogP contribution in [0.25, 0.3) is 0 Å². The number of ether oxygens (including phenoxy) is 1. The zero-order valence-electron chi connectivity index (χ0n) is 6.55. The van der Waals surface area contributed by atoms with Crippen molar-refractivity contribution < 1.29 is 9.53 Å². The lowest BCUT2D eigenvalue weighted by Gasteiger charge is -2.20. The van der Waals surface area contributed by atoms with Gasteiger partial charge in [0.25, 0.3) is 0 Å². The number of rotatable bonds is 2. The number of carbonyl (C=O) groups excluding carboxylic acids is 1. The molecule has 0 aromatic heterocycles. The first-order chi connectivity index (χ1) is 5.29. The molecule has 11 heavy (non-hydrogen) atoms. The highest BCUT2D eigenvalue weighted by Gasteiger charge is 2.26. The van der Waals surface area contributed by atoms with Crippen LogP contribution in [-0.2, 0) is 9.53 Å². The Morgan fingerprint density at radius 2 is 2.55 bits per heavy atom. The lowest BCUT2D eigenvalue weighted by Crippen LogP contribution is -2.36. The molecule has 0 aromatic carbocycles. The van der Waals surface area contributed by atoms with Gasteiger partial charge in [-0.15, -0.1) is 11.6 Å². The molecule has 1 aliphatic heterocycles. The molecule has 1 unspecified atom stereocenters. The van der Waals surface area contributed by atoms with Crippen LogP contribution in [0.15, 0.2) is 0 Å². The number of nitrogens with zero attached hydrogens (tertiary/aromatic N) is 1. The van der Waals surface area contributed by atoms with E-state index in [1.807, 2.05) is 6.92 Å². The van der Waals surface area contributed by atoms with Gasteiger partial charge in [0.15, 0.2) is 0 Å². The van der Waals surface area contributed by atoms with E-state index in [-0.39, 0.29) is 18.0 Å². The van der Waals surface area contributed by atoms with Crippen molar-refractivity contribution in [2.75, 3.05) is 19.0 Å². The minimum atomic E-state index is -0.0405. The fourth-order valence-electron chi connectivity index (χ4n) is 1.22. The zero-order valence-corrected chi connectivity index (χ0v) is 7.30. The minimum absolute atomic E-state index is 0.0315. The van der Waals surface area contributed by atoms with E-state index in [0.717, 1.165) is 6.42 Å². The third-order valence-electron chi connectivity index (χ3n) is 1.77. The molecule has 3 nitrogen and oxygen atoms in total. The average molecular weight is 178 g/mol. The monoisotopic (exact) mass is 177 g/mol. The number of halogens is 1. The lowest BCUT2D eigenvalue weighted by molar-refractivity contribution is -0.133. The molecule has 0 bridgehead atoms. The molecule has 0 spiro atoms. The van der Waals surface area contributed by atoms with Crippen LogP contribution in [0.5, 0.6) is 0 Å². The highest BCUT2D eigenvalue weighted by atomic mass is 35.5. The molecule has 1 rings (SSSR count). The topological polar surface area (TPSA) is 29.5 Å². The number of carbonyl (C=O) groups is 1. The van der Waals surface area contributed by atoms with Crippen molar-refractivity contribution in [2.24, 2.45) is 0 Å². The van der Waals surface area contributed by atoms with E-state index in [9.17, 15) is 4.79 Å². The van der Waals surface area contributed by atoms with Gasteiger partial charge >= 0.3 is 0 Å². The van der Waals surface area contributed by atoms with Crippen LogP contribution in [0.2, 0.25) is 0 Å². The summed E-state index contributed by atoms with van der Waals surface area (Å²) in [6.07, 6.45) is 0.795. The highest BCUT2D eigenvalue weighted by molar-refractivity contribution is 6.27. The Balaban J connectivity index is 2.49. The Morgan fingerprint density at radius 1 is 1.82 bits per heavy atom. The molecule has 0 radical (unpaired) electrons. The fourth-order valence-corrected chi connectivity index (χ4v) is 1.37. The summed E-state index contributed by atoms with van der Waals surface area (Å²) in [5.74, 6) is 0.0240. The second-order valence-corrected chi connectivity index (χ2v) is 2.72. The van der Waals surface area contributed by atoms with E-state index >= 15 is 0 Å². The van der Waals surface area contributed by atoms with Gasteiger partial charge in [0.05, 0.1) is 6.61 Å². The molecule has 1 heterocycles. The largest absolute Gasteiger partial charge is 0.356 e. The normalized spacial score (nSPS) is 24.2. The van der Waals surface area contributed by atoms with E-state index in [0.29, 0.717) is 13.2 Å². The molecule has 4 heteroatoms. The van der Waals surface area contributed by atoms with Crippen LogP contribution in [0, 0.1) is 0 Å². The molecule has 1 amide bonds. The Bertz CT molecular complexity index is 151. The predicted octanol–water partition coefficient (Wildman–Crippen LogP) is 0.820. The SMILES string of the molecule is CCC1OCCN1C(=O)CCl. The van der Waals surface area contributed by atoms with Gasteiger partial charge < -0.3 is 9.64 Å². The van der Waals surface area contributed by atoms with Crippen molar-refractivity contribution in [3.63, 3.8) is 0 Å². The summed E-state index contributed by atoms with van der Waals surface area (Å²) in [6, 6.07) is 0. The lowest BCUT2D eigenvalue weighted by atomic mass is 10.4. The Hall–Kier alpha value is -0.280. The fraction of sp³-hybridized carbons (Fsp3) is 0.857. The Morgan fingerprint density at radius 3 is 3.09 bits per heavy atom. The zero-order chi connectivity index (χ0) is 8.27. The van der Waals surface area contributed by atoms with Gasteiger partial charge in [0, 0.05) is 6.54 Å². The molecule has 1 aliphatic rings. The van der Waals surface area contributed by atoms with Gasteiger partial charge in [-0.1, -0.05) is 6.92 Å². The van der Waals surface area contributed by atoms with E-state index in [1.54, 1.807) is 4.90 Å². The maximum absolute atomic E-state index is 11.1. The maximum atomic E-state index is 11.1. The second-order valence-electron chi connectivity index (χ2n) is 2.45. The summed E-state index contributed by atoms with van der Waals surface area (Å²) in [4.78, 5) is 12.8. The average Bonchev–Trinajstić information content (AvgIpc) is 2.50. The summed E-state index contributed by atoms with van der Waals surface area (Å²) >= 11 is 5.41. The molecule has 64 valence electrons. The van der Waals surface area contributed by atoms with Crippen molar-refractivity contribution in [1.82, 2.24) is 4.90 Å². The van der Waals surface area contributed by atoms with Crippen molar-refractivity contribution >= 4 is 17.5 Å². The van der Waals surface area contributed by atoms with E-state index in [1.165, 1.54) is 0 Å². The third-order valence-corrected chi connectivity index (χ3v) is 2.00. The van der Waals surface area contributed by atoms with Gasteiger partial charge in [-0.05, 0) is 6.42 Å². The number of hydrogen-bond donors (Lipinski definition) is 0. The van der Waals surface area contributed by atoms with Crippen molar-refractivity contribution in [3.05, 3.63) is 0 Å². The molecule has 1 atom stereocenters. The second kappa shape index (κ2) is 3.93. The molecular weight excluding hydrogens is 166 g/mol. The molecule has 0 saturated carbocycles. The third kappa shape index (κ3) is 1.84. The first-order valence-electron chi connectivity index (χ1n) is 3.76. The number of amides is 1. The van der Waals surface area contributed by atoms with Crippen LogP contribution in [0.3, 0.4) is 0 Å². The molecule has 1 fully saturated rings. The van der Waals surface area contributed by atoms with Crippen molar-refractivity contribution in [3.8, 4) is 0 Å². The van der Waals surface area contributed by atoms with Crippen LogP contribution in [0.4, 0.5) is 0 Å². The van der Waals surface area contributed by atoms with Gasteiger partial charge in [-0.3, -0.25) is 4.79 Å². The van der Waals surface area contributed by atoms with Gasteiger partial charge in [0.2, 0.25) is 5.91 Å². The standard InChI is InChI=1S/C7H12ClNO2/c1-2-7-9(3-4-11-7)6(10)5-8/h7H,2-5H2,1H3. The maximum Gasteiger partial charge on any atom is 0.239 e. The summed E-state index contributed by atoms with van der Waals surface area (Å²) in [6.45, 7) is 3.32. The summed E-state index contributed by atoms with van der Waals surface area (Å²) < 4.78 is 5.28. The molecule has 0 aliphatic carbocycles. The van der Waals surface area contributed by atoms with Crippen molar-refractivity contribution in [2.45, 2.75) is 19.6 Å². The van der Waals surface area contributed by atoms with Crippen LogP contribution in [0.1, 0.15) is 13.3 Å². The molecule has 0 aromatic rings. The van der Waals surface area contributed by atoms with Crippen molar-refractivity contribution in [1.29, 1.82) is 0 Å². The first kappa shape index (κ1) is 8.81. The minimum Gasteiger partial charge on any atom is -0.356 e. The Labute approximate surface area is 71.3 Å². The van der Waals surface area contributed by atoms with E-state index < -0.39 is 0 Å². The molecular formula is C7H12ClNO2. The number of hydrogen-bond acceptors (Lipinski definition) is 2. The van der Waals surface area contributed by atoms with Gasteiger partial charge in [-0.25, -0.2) is 0 Å². The van der Waals surface area contributed by atoms with Crippen LogP contribution in [-0.4, -0.2) is 36.1 Å². The van der Waals surface area contributed by atoms with E-state index in [2.05, 4.69) is 0 Å². The summed E-state index contributed by atoms with van der Waals surface area (Å²) in [5, 5.41) is 0. The van der Waals surface area contributed by atoms with Gasteiger partial charge in [0.1, 0.15) is 12.1 Å². The van der Waals surface area contributed by atoms with Gasteiger partial charge in [-0.2, -0.15) is 0 Å². The van der Waals surface area contributed by atoms with Crippen LogP contribution >= 0.6 is 11.6 Å². The molecule has 1 saturated heterocycles. The smallest absolute Gasteiger partial charge is 0.239 e. The summed E-state index contributed by atoms with van der Waals surface area (Å²) in [7, 11) is 0. The Kier molecular flexibility index (Phi) is 3.15. The highest BCUT2D eigenvalue weighted by Crippen LogP contribution is 2.13. The quantitative estimate of drug-likeness (QED) is 0.585. The number of alkyl halides is 1. The summed E-state index contributed by atoms with van der Waals surface area (Å²) in [5.41, 5.74) is 0. The predicted molar refractivity (Wildman–Crippen MR) is 42.5 cm³/mol. The first-order valence-corrected chi connectivity index (χ1v) is 4.30. The van der Waals surface area contributed by atoms with E-state index in [4.69, 9.17) is 16.3 Å².